The minimum atomic E-state index is -0.703. The number of hydrogen-bond acceptors (Lipinski definition) is 5. The molecule has 1 N–H and O–H groups in total. The fraction of sp³-hybridized carbons (Fsp3) is 0.238. The molecular weight excluding hydrogens is 377 g/mol. The van der Waals surface area contributed by atoms with Crippen LogP contribution in [-0.2, 0) is 18.4 Å². The van der Waals surface area contributed by atoms with Crippen molar-refractivity contribution in [3.8, 4) is 22.8 Å². The maximum atomic E-state index is 13.7. The number of amides is 1. The molecule has 0 aliphatic carbocycles. The van der Waals surface area contributed by atoms with E-state index in [-0.39, 0.29) is 18.0 Å². The number of rotatable bonds is 6. The first-order valence-corrected chi connectivity index (χ1v) is 8.86. The monoisotopic (exact) mass is 399 g/mol. The van der Waals surface area contributed by atoms with E-state index in [2.05, 4.69) is 10.4 Å². The summed E-state index contributed by atoms with van der Waals surface area (Å²) in [6.45, 7) is 1.99. The van der Waals surface area contributed by atoms with Gasteiger partial charge in [-0.1, -0.05) is 6.07 Å². The summed E-state index contributed by atoms with van der Waals surface area (Å²) < 4.78 is 30.9. The first kappa shape index (κ1) is 20.2. The topological polar surface area (TPSA) is 74.6 Å². The number of nitrogens with one attached hydrogen (secondary N) is 1. The van der Waals surface area contributed by atoms with Gasteiger partial charge in [0, 0.05) is 24.4 Å². The number of anilines is 1. The van der Waals surface area contributed by atoms with Crippen molar-refractivity contribution >= 4 is 11.8 Å². The molecule has 0 spiro atoms. The fourth-order valence-corrected chi connectivity index (χ4v) is 2.82. The second-order valence-corrected chi connectivity index (χ2v) is 6.40. The van der Waals surface area contributed by atoms with Gasteiger partial charge in [-0.25, -0.2) is 9.18 Å². The molecule has 2 aromatic carbocycles. The highest BCUT2D eigenvalue weighted by molar-refractivity contribution is 5.84. The molecule has 3 rings (SSSR count). The summed E-state index contributed by atoms with van der Waals surface area (Å²) in [6, 6.07) is 11.8. The zero-order chi connectivity index (χ0) is 21.0. The van der Waals surface area contributed by atoms with Crippen LogP contribution < -0.4 is 14.8 Å². The molecule has 3 aromatic rings. The molecule has 0 saturated heterocycles. The zero-order valence-corrected chi connectivity index (χ0v) is 16.7. The third-order valence-electron chi connectivity index (χ3n) is 4.36. The Balaban J connectivity index is 1.67. The molecule has 0 radical (unpaired) electrons. The maximum Gasteiger partial charge on any atom is 0.412 e. The van der Waals surface area contributed by atoms with Gasteiger partial charge < -0.3 is 14.2 Å². The highest BCUT2D eigenvalue weighted by Gasteiger charge is 2.14. The molecule has 29 heavy (non-hydrogen) atoms. The minimum absolute atomic E-state index is 0.00213. The Morgan fingerprint density at radius 2 is 1.86 bits per heavy atom. The van der Waals surface area contributed by atoms with E-state index in [1.165, 1.54) is 19.2 Å². The van der Waals surface area contributed by atoms with Crippen LogP contribution in [0.4, 0.5) is 14.9 Å². The van der Waals surface area contributed by atoms with Crippen molar-refractivity contribution < 1.29 is 23.4 Å². The third kappa shape index (κ3) is 4.66. The van der Waals surface area contributed by atoms with Gasteiger partial charge in [0.2, 0.25) is 0 Å². The van der Waals surface area contributed by atoms with E-state index in [1.807, 2.05) is 31.2 Å². The van der Waals surface area contributed by atoms with Crippen molar-refractivity contribution in [1.29, 1.82) is 0 Å². The van der Waals surface area contributed by atoms with Gasteiger partial charge in [-0.3, -0.25) is 10.00 Å². The van der Waals surface area contributed by atoms with Crippen LogP contribution in [0, 0.1) is 12.7 Å². The van der Waals surface area contributed by atoms with Crippen LogP contribution in [-0.4, -0.2) is 30.1 Å². The molecule has 7 nitrogen and oxygen atoms in total. The van der Waals surface area contributed by atoms with Gasteiger partial charge >= 0.3 is 6.09 Å². The molecule has 0 fully saturated rings. The van der Waals surface area contributed by atoms with Gasteiger partial charge in [-0.05, 0) is 42.8 Å². The maximum absolute atomic E-state index is 13.7. The molecule has 0 atom stereocenters. The van der Waals surface area contributed by atoms with Crippen LogP contribution in [0.25, 0.3) is 11.3 Å². The van der Waals surface area contributed by atoms with Crippen LogP contribution in [0.15, 0.2) is 42.5 Å². The number of aromatic nitrogens is 2. The summed E-state index contributed by atoms with van der Waals surface area (Å²) in [6.07, 6.45) is -0.703. The molecule has 152 valence electrons. The van der Waals surface area contributed by atoms with Crippen LogP contribution in [0.2, 0.25) is 0 Å². The van der Waals surface area contributed by atoms with Gasteiger partial charge in [0.1, 0.15) is 12.4 Å². The van der Waals surface area contributed by atoms with Crippen LogP contribution >= 0.6 is 0 Å². The molecule has 1 heterocycles. The van der Waals surface area contributed by atoms with E-state index in [4.69, 9.17) is 14.2 Å². The van der Waals surface area contributed by atoms with E-state index < -0.39 is 11.9 Å². The SMILES string of the molecule is COc1ccc(NC(=O)OCc2cc(-c3ccc(C)cc3OC)nn2C)cc1F. The second-order valence-electron chi connectivity index (χ2n) is 6.40. The number of halogens is 1. The number of hydrogen-bond donors (Lipinski definition) is 1. The molecule has 8 heteroatoms. The number of carbonyl (C=O) groups excluding carboxylic acids is 1. The lowest BCUT2D eigenvalue weighted by molar-refractivity contribution is 0.152. The Labute approximate surface area is 168 Å². The van der Waals surface area contributed by atoms with Gasteiger partial charge in [-0.15, -0.1) is 0 Å². The minimum Gasteiger partial charge on any atom is -0.496 e. The normalized spacial score (nSPS) is 10.5. The summed E-state index contributed by atoms with van der Waals surface area (Å²) in [7, 11) is 4.74. The summed E-state index contributed by atoms with van der Waals surface area (Å²) in [5.41, 5.74) is 3.59. The van der Waals surface area contributed by atoms with Crippen LogP contribution in [0.3, 0.4) is 0 Å². The summed E-state index contributed by atoms with van der Waals surface area (Å²) in [4.78, 5) is 12.0. The van der Waals surface area contributed by atoms with E-state index in [9.17, 15) is 9.18 Å². The fourth-order valence-electron chi connectivity index (χ4n) is 2.82. The Hall–Kier alpha value is -3.55. The number of methoxy groups -OCH3 is 2. The van der Waals surface area contributed by atoms with Crippen molar-refractivity contribution in [2.75, 3.05) is 19.5 Å². The molecule has 0 saturated carbocycles. The molecule has 0 aliphatic rings. The van der Waals surface area contributed by atoms with Gasteiger partial charge in [0.05, 0.1) is 25.6 Å². The standard InChI is InChI=1S/C21H22FN3O4/c1-13-5-7-16(20(9-13)28-4)18-11-15(25(2)24-18)12-29-21(26)23-14-6-8-19(27-3)17(22)10-14/h5-11H,12H2,1-4H3,(H,23,26). The average Bonchev–Trinajstić information content (AvgIpc) is 3.06. The molecule has 0 bridgehead atoms. The zero-order valence-electron chi connectivity index (χ0n) is 16.7. The van der Waals surface area contributed by atoms with Crippen molar-refractivity contribution in [3.63, 3.8) is 0 Å². The summed E-state index contributed by atoms with van der Waals surface area (Å²) in [5.74, 6) is 0.237. The number of nitrogens with zero attached hydrogens (tertiary/aromatic N) is 2. The van der Waals surface area contributed by atoms with Crippen LogP contribution in [0.1, 0.15) is 11.3 Å². The predicted octanol–water partition coefficient (Wildman–Crippen LogP) is 4.30. The van der Waals surface area contributed by atoms with Crippen molar-refractivity contribution in [2.45, 2.75) is 13.5 Å². The molecule has 0 aliphatic heterocycles. The molecule has 1 amide bonds. The lowest BCUT2D eigenvalue weighted by Crippen LogP contribution is -2.14. The molecule has 1 aromatic heterocycles. The molecular formula is C21H22FN3O4. The first-order chi connectivity index (χ1) is 13.9. The Kier molecular flexibility index (Phi) is 6.01. The van der Waals surface area contributed by atoms with E-state index >= 15 is 0 Å². The smallest absolute Gasteiger partial charge is 0.412 e. The van der Waals surface area contributed by atoms with Gasteiger partial charge in [-0.2, -0.15) is 5.10 Å². The van der Waals surface area contributed by atoms with Crippen LogP contribution in [0.5, 0.6) is 11.5 Å². The van der Waals surface area contributed by atoms with Gasteiger partial charge in [0.25, 0.3) is 0 Å². The van der Waals surface area contributed by atoms with Gasteiger partial charge in [0.15, 0.2) is 11.6 Å². The van der Waals surface area contributed by atoms with E-state index in [0.29, 0.717) is 11.4 Å². The van der Waals surface area contributed by atoms with Crippen molar-refractivity contribution in [3.05, 3.63) is 59.5 Å². The van der Waals surface area contributed by atoms with Crippen molar-refractivity contribution in [2.24, 2.45) is 7.05 Å². The Morgan fingerprint density at radius 1 is 1.10 bits per heavy atom. The number of benzene rings is 2. The van der Waals surface area contributed by atoms with E-state index in [1.54, 1.807) is 18.8 Å². The number of aryl methyl sites for hydroxylation is 2. The number of ether oxygens (including phenoxy) is 3. The second kappa shape index (κ2) is 8.64. The molecule has 0 unspecified atom stereocenters. The highest BCUT2D eigenvalue weighted by Crippen LogP contribution is 2.30. The Bertz CT molecular complexity index is 1030. The average molecular weight is 399 g/mol. The summed E-state index contributed by atoms with van der Waals surface area (Å²) >= 11 is 0. The van der Waals surface area contributed by atoms with E-state index in [0.717, 1.165) is 22.9 Å². The quantitative estimate of drug-likeness (QED) is 0.669. The largest absolute Gasteiger partial charge is 0.496 e. The highest BCUT2D eigenvalue weighted by atomic mass is 19.1. The van der Waals surface area contributed by atoms with Crippen molar-refractivity contribution in [1.82, 2.24) is 9.78 Å². The summed E-state index contributed by atoms with van der Waals surface area (Å²) in [5, 5.41) is 6.95. The first-order valence-electron chi connectivity index (χ1n) is 8.86. The third-order valence-corrected chi connectivity index (χ3v) is 4.36. The lowest BCUT2D eigenvalue weighted by atomic mass is 10.1. The predicted molar refractivity (Wildman–Crippen MR) is 107 cm³/mol. The number of carbonyl (C=O) groups is 1. The Morgan fingerprint density at radius 3 is 2.55 bits per heavy atom. The lowest BCUT2D eigenvalue weighted by Gasteiger charge is -2.08.